The minimum atomic E-state index is -0.0698. The van der Waals surface area contributed by atoms with Crippen LogP contribution in [0.2, 0.25) is 5.15 Å². The second-order valence-electron chi connectivity index (χ2n) is 4.70. The zero-order valence-corrected chi connectivity index (χ0v) is 13.1. The van der Waals surface area contributed by atoms with E-state index in [2.05, 4.69) is 17.2 Å². The summed E-state index contributed by atoms with van der Waals surface area (Å²) in [5.74, 6) is 0.852. The number of hydrogen-bond donors (Lipinski definition) is 1. The van der Waals surface area contributed by atoms with Gasteiger partial charge in [0.2, 0.25) is 0 Å². The lowest BCUT2D eigenvalue weighted by atomic mass is 10.1. The number of thioether (sulfide) groups is 1. The molecule has 1 aromatic heterocycles. The second-order valence-corrected chi connectivity index (χ2v) is 6.17. The third-order valence-corrected chi connectivity index (χ3v) is 4.48. The molecule has 1 aromatic rings. The lowest BCUT2D eigenvalue weighted by Crippen LogP contribution is -2.39. The molecule has 2 rings (SSSR count). The highest BCUT2D eigenvalue weighted by molar-refractivity contribution is 7.99. The summed E-state index contributed by atoms with van der Waals surface area (Å²) in [4.78, 5) is 16.6. The van der Waals surface area contributed by atoms with E-state index < -0.39 is 0 Å². The van der Waals surface area contributed by atoms with Crippen molar-refractivity contribution in [1.29, 1.82) is 0 Å². The van der Waals surface area contributed by atoms with Crippen LogP contribution in [0.3, 0.4) is 0 Å². The molecule has 0 aliphatic carbocycles. The van der Waals surface area contributed by atoms with E-state index in [1.807, 2.05) is 0 Å². The Morgan fingerprint density at radius 2 is 2.25 bits per heavy atom. The van der Waals surface area contributed by atoms with E-state index in [9.17, 15) is 4.79 Å². The number of carbonyl (C=O) groups excluding carboxylic acids is 1. The third-order valence-electron chi connectivity index (χ3n) is 3.07. The molecule has 6 heteroatoms. The minimum Gasteiger partial charge on any atom is -0.381 e. The maximum absolute atomic E-state index is 12.4. The molecular weight excluding hydrogens is 296 g/mol. The molecule has 2 heterocycles. The first-order valence-electron chi connectivity index (χ1n) is 6.88. The van der Waals surface area contributed by atoms with Crippen LogP contribution in [0.4, 0.5) is 0 Å². The highest BCUT2D eigenvalue weighted by atomic mass is 35.5. The number of hydrogen-bond acceptors (Lipinski definition) is 4. The van der Waals surface area contributed by atoms with Crippen LogP contribution in [0, 0.1) is 0 Å². The van der Waals surface area contributed by atoms with E-state index in [1.54, 1.807) is 23.9 Å². The number of halogens is 1. The summed E-state index contributed by atoms with van der Waals surface area (Å²) in [6, 6.07) is 3.61. The molecule has 110 valence electrons. The van der Waals surface area contributed by atoms with E-state index >= 15 is 0 Å². The topological polar surface area (TPSA) is 51.2 Å². The zero-order chi connectivity index (χ0) is 14.4. The summed E-state index contributed by atoms with van der Waals surface area (Å²) in [7, 11) is 0. The number of nitrogens with zero attached hydrogens (tertiary/aromatic N) is 1. The molecular formula is C14H19ClN2O2S. The fourth-order valence-corrected chi connectivity index (χ4v) is 3.08. The van der Waals surface area contributed by atoms with E-state index in [4.69, 9.17) is 16.3 Å². The molecule has 0 saturated carbocycles. The average Bonchev–Trinajstić information content (AvgIpc) is 2.46. The van der Waals surface area contributed by atoms with Crippen molar-refractivity contribution in [1.82, 2.24) is 10.3 Å². The number of nitrogens with one attached hydrogen (secondary N) is 1. The molecule has 4 nitrogen and oxygen atoms in total. The van der Waals surface area contributed by atoms with Gasteiger partial charge >= 0.3 is 0 Å². The summed E-state index contributed by atoms with van der Waals surface area (Å²) < 4.78 is 5.29. The molecule has 0 unspecified atom stereocenters. The summed E-state index contributed by atoms with van der Waals surface area (Å²) in [5, 5.41) is 4.19. The second kappa shape index (κ2) is 7.86. The van der Waals surface area contributed by atoms with Crippen molar-refractivity contribution in [2.45, 2.75) is 37.3 Å². The van der Waals surface area contributed by atoms with Gasteiger partial charge in [0.1, 0.15) is 10.2 Å². The molecule has 20 heavy (non-hydrogen) atoms. The van der Waals surface area contributed by atoms with E-state index in [0.29, 0.717) is 29.0 Å². The number of amides is 1. The van der Waals surface area contributed by atoms with Crippen LogP contribution in [0.1, 0.15) is 36.5 Å². The van der Waals surface area contributed by atoms with Gasteiger partial charge in [-0.15, -0.1) is 11.8 Å². The van der Waals surface area contributed by atoms with E-state index in [-0.39, 0.29) is 11.9 Å². The van der Waals surface area contributed by atoms with Gasteiger partial charge in [0.25, 0.3) is 5.91 Å². The van der Waals surface area contributed by atoms with Crippen molar-refractivity contribution >= 4 is 29.3 Å². The number of carbonyl (C=O) groups is 1. The van der Waals surface area contributed by atoms with Crippen LogP contribution in [-0.2, 0) is 4.74 Å². The smallest absolute Gasteiger partial charge is 0.254 e. The van der Waals surface area contributed by atoms with Gasteiger partial charge in [-0.05, 0) is 37.1 Å². The number of pyridine rings is 1. The molecule has 1 fully saturated rings. The molecule has 0 aromatic carbocycles. The van der Waals surface area contributed by atoms with Gasteiger partial charge in [-0.3, -0.25) is 4.79 Å². The third kappa shape index (κ3) is 4.36. The zero-order valence-electron chi connectivity index (χ0n) is 11.5. The summed E-state index contributed by atoms with van der Waals surface area (Å²) in [5.41, 5.74) is 0.611. The largest absolute Gasteiger partial charge is 0.381 e. The molecule has 1 N–H and O–H groups in total. The fraction of sp³-hybridized carbons (Fsp3) is 0.571. The Kier molecular flexibility index (Phi) is 6.13. The predicted molar refractivity (Wildman–Crippen MR) is 81.6 cm³/mol. The van der Waals surface area contributed by atoms with Gasteiger partial charge in [-0.1, -0.05) is 18.5 Å². The first-order valence-corrected chi connectivity index (χ1v) is 8.25. The predicted octanol–water partition coefficient (Wildman–Crippen LogP) is 3.15. The SMILES string of the molecule is CCCSc1nc(Cl)ccc1C(=O)NC1CCOCC1. The average molecular weight is 315 g/mol. The Hall–Kier alpha value is -0.780. The normalized spacial score (nSPS) is 16.1. The molecule has 0 atom stereocenters. The molecule has 0 radical (unpaired) electrons. The molecule has 1 aliphatic heterocycles. The Morgan fingerprint density at radius 1 is 1.50 bits per heavy atom. The van der Waals surface area contributed by atoms with Gasteiger partial charge in [-0.2, -0.15) is 0 Å². The lowest BCUT2D eigenvalue weighted by Gasteiger charge is -2.23. The van der Waals surface area contributed by atoms with Gasteiger partial charge < -0.3 is 10.1 Å². The molecule has 1 aliphatic rings. The number of aromatic nitrogens is 1. The van der Waals surface area contributed by atoms with Crippen LogP contribution < -0.4 is 5.32 Å². The van der Waals surface area contributed by atoms with Crippen LogP contribution >= 0.6 is 23.4 Å². The standard InChI is InChI=1S/C14H19ClN2O2S/c1-2-9-20-14-11(3-4-12(15)17-14)13(18)16-10-5-7-19-8-6-10/h3-4,10H,2,5-9H2,1H3,(H,16,18). The molecule has 0 spiro atoms. The van der Waals surface area contributed by atoms with Crippen molar-refractivity contribution in [2.24, 2.45) is 0 Å². The Bertz CT molecular complexity index is 464. The van der Waals surface area contributed by atoms with E-state index in [0.717, 1.165) is 25.0 Å². The Balaban J connectivity index is 2.07. The molecule has 1 amide bonds. The van der Waals surface area contributed by atoms with Crippen molar-refractivity contribution in [2.75, 3.05) is 19.0 Å². The minimum absolute atomic E-state index is 0.0698. The van der Waals surface area contributed by atoms with Crippen molar-refractivity contribution < 1.29 is 9.53 Å². The van der Waals surface area contributed by atoms with Gasteiger partial charge in [0.15, 0.2) is 0 Å². The quantitative estimate of drug-likeness (QED) is 0.670. The fourth-order valence-electron chi connectivity index (χ4n) is 2.00. The number of rotatable bonds is 5. The number of ether oxygens (including phenoxy) is 1. The van der Waals surface area contributed by atoms with Gasteiger partial charge in [-0.25, -0.2) is 4.98 Å². The maximum atomic E-state index is 12.4. The van der Waals surface area contributed by atoms with Crippen molar-refractivity contribution in [3.63, 3.8) is 0 Å². The summed E-state index contributed by atoms with van der Waals surface area (Å²) >= 11 is 7.49. The molecule has 1 saturated heterocycles. The first-order chi connectivity index (χ1) is 9.70. The highest BCUT2D eigenvalue weighted by Crippen LogP contribution is 2.23. The van der Waals surface area contributed by atoms with Crippen LogP contribution in [-0.4, -0.2) is 35.9 Å². The monoisotopic (exact) mass is 314 g/mol. The Labute approximate surface area is 128 Å². The van der Waals surface area contributed by atoms with Crippen molar-refractivity contribution in [3.05, 3.63) is 22.8 Å². The van der Waals surface area contributed by atoms with Crippen LogP contribution in [0.25, 0.3) is 0 Å². The van der Waals surface area contributed by atoms with Gasteiger partial charge in [0, 0.05) is 19.3 Å². The summed E-state index contributed by atoms with van der Waals surface area (Å²) in [6.45, 7) is 3.52. The van der Waals surface area contributed by atoms with E-state index in [1.165, 1.54) is 0 Å². The summed E-state index contributed by atoms with van der Waals surface area (Å²) in [6.07, 6.45) is 2.76. The first kappa shape index (κ1) is 15.6. The lowest BCUT2D eigenvalue weighted by molar-refractivity contribution is 0.0695. The highest BCUT2D eigenvalue weighted by Gasteiger charge is 2.19. The van der Waals surface area contributed by atoms with Crippen LogP contribution in [0.15, 0.2) is 17.2 Å². The molecule has 0 bridgehead atoms. The Morgan fingerprint density at radius 3 is 2.95 bits per heavy atom. The van der Waals surface area contributed by atoms with Crippen molar-refractivity contribution in [3.8, 4) is 0 Å². The maximum Gasteiger partial charge on any atom is 0.254 e. The van der Waals surface area contributed by atoms with Crippen LogP contribution in [0.5, 0.6) is 0 Å². The van der Waals surface area contributed by atoms with Gasteiger partial charge in [0.05, 0.1) is 5.56 Å².